The van der Waals surface area contributed by atoms with Crippen molar-refractivity contribution in [3.8, 4) is 11.5 Å². The lowest BCUT2D eigenvalue weighted by atomic mass is 10.3. The summed E-state index contributed by atoms with van der Waals surface area (Å²) in [4.78, 5) is 0. The molecule has 0 spiro atoms. The van der Waals surface area contributed by atoms with Crippen LogP contribution in [0.5, 0.6) is 11.5 Å². The molecule has 0 amide bonds. The van der Waals surface area contributed by atoms with Crippen molar-refractivity contribution in [1.82, 2.24) is 0 Å². The second-order valence-corrected chi connectivity index (χ2v) is 3.11. The van der Waals surface area contributed by atoms with Gasteiger partial charge in [-0.1, -0.05) is 11.6 Å². The lowest BCUT2D eigenvalue weighted by Gasteiger charge is -2.02. The molecule has 2 nitrogen and oxygen atoms in total. The Kier molecular flexibility index (Phi) is 2.25. The molecule has 0 aromatic heterocycles. The van der Waals surface area contributed by atoms with Crippen LogP contribution in [0.3, 0.4) is 0 Å². The van der Waals surface area contributed by atoms with Gasteiger partial charge < -0.3 is 10.2 Å². The molecular formula is C6H3BrClFO2. The second kappa shape index (κ2) is 2.87. The first-order chi connectivity index (χ1) is 5.04. The summed E-state index contributed by atoms with van der Waals surface area (Å²) in [7, 11) is 0. The van der Waals surface area contributed by atoms with Crippen molar-refractivity contribution in [3.05, 3.63) is 21.4 Å². The van der Waals surface area contributed by atoms with Crippen LogP contribution in [0, 0.1) is 5.82 Å². The first-order valence-electron chi connectivity index (χ1n) is 2.59. The third-order valence-electron chi connectivity index (χ3n) is 1.12. The van der Waals surface area contributed by atoms with Crippen molar-refractivity contribution in [2.75, 3.05) is 0 Å². The fourth-order valence-corrected chi connectivity index (χ4v) is 1.30. The van der Waals surface area contributed by atoms with E-state index in [1.807, 2.05) is 0 Å². The van der Waals surface area contributed by atoms with Gasteiger partial charge in [0, 0.05) is 0 Å². The van der Waals surface area contributed by atoms with E-state index >= 15 is 0 Å². The minimum absolute atomic E-state index is 0.109. The number of benzene rings is 1. The summed E-state index contributed by atoms with van der Waals surface area (Å²) in [6.45, 7) is 0. The van der Waals surface area contributed by atoms with E-state index in [1.165, 1.54) is 6.07 Å². The van der Waals surface area contributed by atoms with Crippen molar-refractivity contribution in [2.45, 2.75) is 0 Å². The summed E-state index contributed by atoms with van der Waals surface area (Å²) in [6, 6.07) is 1.20. The number of phenols is 2. The highest BCUT2D eigenvalue weighted by Gasteiger charge is 2.13. The molecule has 0 saturated carbocycles. The Morgan fingerprint density at radius 3 is 2.45 bits per heavy atom. The molecule has 0 saturated heterocycles. The van der Waals surface area contributed by atoms with Gasteiger partial charge in [0.25, 0.3) is 0 Å². The molecule has 0 bridgehead atoms. The molecule has 0 atom stereocenters. The Balaban J connectivity index is 3.46. The highest BCUT2D eigenvalue weighted by Crippen LogP contribution is 2.37. The number of phenolic OH excluding ortho intramolecular Hbond substituents is 2. The van der Waals surface area contributed by atoms with Crippen LogP contribution in [0.2, 0.25) is 5.02 Å². The molecule has 0 heterocycles. The molecule has 0 unspecified atom stereocenters. The zero-order valence-electron chi connectivity index (χ0n) is 5.11. The van der Waals surface area contributed by atoms with Crippen LogP contribution < -0.4 is 0 Å². The summed E-state index contributed by atoms with van der Waals surface area (Å²) < 4.78 is 12.7. The molecule has 0 aliphatic carbocycles. The first-order valence-corrected chi connectivity index (χ1v) is 3.76. The third-order valence-corrected chi connectivity index (χ3v) is 2.01. The second-order valence-electron chi connectivity index (χ2n) is 1.85. The normalized spacial score (nSPS) is 10.1. The molecule has 1 rings (SSSR count). The van der Waals surface area contributed by atoms with Gasteiger partial charge in [0.05, 0.1) is 9.50 Å². The van der Waals surface area contributed by atoms with Crippen LogP contribution in [0.1, 0.15) is 0 Å². The van der Waals surface area contributed by atoms with Crippen LogP contribution in [0.4, 0.5) is 4.39 Å². The van der Waals surface area contributed by atoms with Gasteiger partial charge in [0.1, 0.15) is 0 Å². The van der Waals surface area contributed by atoms with Crippen LogP contribution >= 0.6 is 27.5 Å². The summed E-state index contributed by atoms with van der Waals surface area (Å²) in [5.41, 5.74) is 0. The lowest BCUT2D eigenvalue weighted by molar-refractivity contribution is 0.387. The Bertz CT molecular complexity index is 277. The number of hydrogen-bond acceptors (Lipinski definition) is 2. The lowest BCUT2D eigenvalue weighted by Crippen LogP contribution is -1.80. The van der Waals surface area contributed by atoms with Crippen LogP contribution in [0.25, 0.3) is 0 Å². The third kappa shape index (κ3) is 1.41. The van der Waals surface area contributed by atoms with Crippen molar-refractivity contribution in [2.24, 2.45) is 0 Å². The van der Waals surface area contributed by atoms with E-state index in [-0.39, 0.29) is 9.50 Å². The summed E-state index contributed by atoms with van der Waals surface area (Å²) in [5, 5.41) is 17.5. The molecule has 0 fully saturated rings. The largest absolute Gasteiger partial charge is 0.504 e. The van der Waals surface area contributed by atoms with E-state index in [0.29, 0.717) is 0 Å². The standard InChI is InChI=1S/C6H3BrClFO2/c7-2-1-3(8)6(11)4(9)5(2)10/h1,10-11H. The molecule has 2 N–H and O–H groups in total. The maximum atomic E-state index is 12.6. The Hall–Kier alpha value is -0.480. The van der Waals surface area contributed by atoms with E-state index in [0.717, 1.165) is 0 Å². The minimum atomic E-state index is -1.12. The van der Waals surface area contributed by atoms with Gasteiger partial charge in [0.15, 0.2) is 11.5 Å². The van der Waals surface area contributed by atoms with Crippen LogP contribution in [-0.2, 0) is 0 Å². The Morgan fingerprint density at radius 2 is 1.91 bits per heavy atom. The van der Waals surface area contributed by atoms with E-state index in [1.54, 1.807) is 0 Å². The van der Waals surface area contributed by atoms with Gasteiger partial charge in [-0.2, -0.15) is 4.39 Å². The summed E-state index contributed by atoms with van der Waals surface area (Å²) in [6.07, 6.45) is 0. The maximum absolute atomic E-state index is 12.6. The molecule has 1 aromatic carbocycles. The molecule has 0 aliphatic heterocycles. The highest BCUT2D eigenvalue weighted by atomic mass is 79.9. The van der Waals surface area contributed by atoms with Crippen LogP contribution in [0.15, 0.2) is 10.5 Å². The number of halogens is 3. The molecule has 0 aliphatic rings. The quantitative estimate of drug-likeness (QED) is 0.733. The van der Waals surface area contributed by atoms with Gasteiger partial charge in [-0.05, 0) is 22.0 Å². The van der Waals surface area contributed by atoms with Gasteiger partial charge in [-0.3, -0.25) is 0 Å². The van der Waals surface area contributed by atoms with Gasteiger partial charge in [0.2, 0.25) is 5.82 Å². The smallest absolute Gasteiger partial charge is 0.209 e. The summed E-state index contributed by atoms with van der Waals surface area (Å²) in [5.74, 6) is -2.51. The molecule has 11 heavy (non-hydrogen) atoms. The summed E-state index contributed by atoms with van der Waals surface area (Å²) >= 11 is 8.21. The maximum Gasteiger partial charge on any atom is 0.209 e. The number of aromatic hydroxyl groups is 2. The number of hydrogen-bond donors (Lipinski definition) is 2. The molecule has 0 radical (unpaired) electrons. The van der Waals surface area contributed by atoms with Gasteiger partial charge in [-0.15, -0.1) is 0 Å². The first kappa shape index (κ1) is 8.62. The van der Waals surface area contributed by atoms with Gasteiger partial charge >= 0.3 is 0 Å². The number of rotatable bonds is 0. The molecular weight excluding hydrogens is 238 g/mol. The zero-order valence-corrected chi connectivity index (χ0v) is 7.45. The average molecular weight is 241 g/mol. The highest BCUT2D eigenvalue weighted by molar-refractivity contribution is 9.10. The van der Waals surface area contributed by atoms with Crippen molar-refractivity contribution in [3.63, 3.8) is 0 Å². The molecule has 5 heteroatoms. The van der Waals surface area contributed by atoms with Crippen molar-refractivity contribution in [1.29, 1.82) is 0 Å². The van der Waals surface area contributed by atoms with E-state index in [9.17, 15) is 4.39 Å². The van der Waals surface area contributed by atoms with Crippen molar-refractivity contribution < 1.29 is 14.6 Å². The monoisotopic (exact) mass is 240 g/mol. The van der Waals surface area contributed by atoms with Gasteiger partial charge in [-0.25, -0.2) is 0 Å². The van der Waals surface area contributed by atoms with Crippen molar-refractivity contribution >= 4 is 27.5 Å². The zero-order chi connectivity index (χ0) is 8.59. The Morgan fingerprint density at radius 1 is 1.36 bits per heavy atom. The Labute approximate surface area is 75.4 Å². The predicted octanol–water partition coefficient (Wildman–Crippen LogP) is 2.65. The van der Waals surface area contributed by atoms with Crippen LogP contribution in [-0.4, -0.2) is 10.2 Å². The molecule has 60 valence electrons. The van der Waals surface area contributed by atoms with E-state index in [4.69, 9.17) is 21.8 Å². The SMILES string of the molecule is Oc1c(Cl)cc(Br)c(O)c1F. The van der Waals surface area contributed by atoms with E-state index in [2.05, 4.69) is 15.9 Å². The van der Waals surface area contributed by atoms with E-state index < -0.39 is 17.3 Å². The fraction of sp³-hybridized carbons (Fsp3) is 0. The topological polar surface area (TPSA) is 40.5 Å². The fourth-order valence-electron chi connectivity index (χ4n) is 0.570. The average Bonchev–Trinajstić information content (AvgIpc) is 1.97. The minimum Gasteiger partial charge on any atom is -0.504 e. The predicted molar refractivity (Wildman–Crippen MR) is 42.4 cm³/mol. The molecule has 1 aromatic rings.